The van der Waals surface area contributed by atoms with Gasteiger partial charge in [0.15, 0.2) is 5.60 Å². The van der Waals surface area contributed by atoms with E-state index in [0.29, 0.717) is 17.2 Å². The number of benzene rings is 2. The standard InChI is InChI=1S/C18H19NO2/c1-12(2)14-9-7-13(8-10-14)11-18(21)15-5-3-4-6-16(15)19-17(18)20/h3-10,12,21H,11H2,1-2H3,(H,19,20). The zero-order valence-corrected chi connectivity index (χ0v) is 12.3. The lowest BCUT2D eigenvalue weighted by molar-refractivity contribution is -0.133. The quantitative estimate of drug-likeness (QED) is 0.907. The number of carbonyl (C=O) groups excluding carboxylic acids is 1. The van der Waals surface area contributed by atoms with Crippen molar-refractivity contribution in [1.82, 2.24) is 0 Å². The van der Waals surface area contributed by atoms with Gasteiger partial charge in [-0.25, -0.2) is 0 Å². The van der Waals surface area contributed by atoms with Gasteiger partial charge in [-0.3, -0.25) is 4.79 Å². The average molecular weight is 281 g/mol. The van der Waals surface area contributed by atoms with Crippen LogP contribution in [0.3, 0.4) is 0 Å². The molecule has 3 rings (SSSR count). The third-order valence-electron chi connectivity index (χ3n) is 4.10. The van der Waals surface area contributed by atoms with Crippen LogP contribution in [0, 0.1) is 0 Å². The second-order valence-corrected chi connectivity index (χ2v) is 5.93. The van der Waals surface area contributed by atoms with E-state index in [-0.39, 0.29) is 12.3 Å². The van der Waals surface area contributed by atoms with Crippen molar-refractivity contribution in [2.45, 2.75) is 31.8 Å². The van der Waals surface area contributed by atoms with Crippen LogP contribution in [0.1, 0.15) is 36.5 Å². The van der Waals surface area contributed by atoms with E-state index in [2.05, 4.69) is 31.3 Å². The first kappa shape index (κ1) is 13.8. The Morgan fingerprint density at radius 3 is 2.43 bits per heavy atom. The molecule has 0 fully saturated rings. The largest absolute Gasteiger partial charge is 0.375 e. The second kappa shape index (κ2) is 5.01. The molecule has 3 heteroatoms. The summed E-state index contributed by atoms with van der Waals surface area (Å²) in [6.45, 7) is 4.28. The van der Waals surface area contributed by atoms with Gasteiger partial charge in [0.05, 0.1) is 0 Å². The maximum atomic E-state index is 12.2. The molecule has 0 saturated heterocycles. The SMILES string of the molecule is CC(C)c1ccc(CC2(O)C(=O)Nc3ccccc32)cc1. The number of hydrogen-bond donors (Lipinski definition) is 2. The maximum Gasteiger partial charge on any atom is 0.261 e. The highest BCUT2D eigenvalue weighted by Crippen LogP contribution is 2.38. The molecule has 2 N–H and O–H groups in total. The van der Waals surface area contributed by atoms with Crippen LogP contribution in [-0.2, 0) is 16.8 Å². The fraction of sp³-hybridized carbons (Fsp3) is 0.278. The monoisotopic (exact) mass is 281 g/mol. The van der Waals surface area contributed by atoms with Crippen molar-refractivity contribution in [3.8, 4) is 0 Å². The maximum absolute atomic E-state index is 12.2. The van der Waals surface area contributed by atoms with Crippen LogP contribution in [0.25, 0.3) is 0 Å². The van der Waals surface area contributed by atoms with Gasteiger partial charge in [-0.2, -0.15) is 0 Å². The Labute approximate surface area is 124 Å². The predicted molar refractivity (Wildman–Crippen MR) is 83.2 cm³/mol. The number of anilines is 1. The minimum atomic E-state index is -1.48. The highest BCUT2D eigenvalue weighted by molar-refractivity contribution is 6.05. The summed E-state index contributed by atoms with van der Waals surface area (Å²) in [4.78, 5) is 12.2. The van der Waals surface area contributed by atoms with Crippen molar-refractivity contribution in [1.29, 1.82) is 0 Å². The van der Waals surface area contributed by atoms with Gasteiger partial charge in [0.1, 0.15) is 0 Å². The van der Waals surface area contributed by atoms with Crippen molar-refractivity contribution in [2.75, 3.05) is 5.32 Å². The molecule has 2 aromatic carbocycles. The van der Waals surface area contributed by atoms with E-state index in [4.69, 9.17) is 0 Å². The Bertz CT molecular complexity index is 676. The molecule has 0 radical (unpaired) electrons. The van der Waals surface area contributed by atoms with Crippen LogP contribution in [0.2, 0.25) is 0 Å². The molecule has 108 valence electrons. The van der Waals surface area contributed by atoms with E-state index in [1.165, 1.54) is 5.56 Å². The number of aliphatic hydroxyl groups is 1. The summed E-state index contributed by atoms with van der Waals surface area (Å²) in [5.74, 6) is 0.120. The fourth-order valence-electron chi connectivity index (χ4n) is 2.79. The van der Waals surface area contributed by atoms with Gasteiger partial charge in [-0.05, 0) is 23.1 Å². The summed E-state index contributed by atoms with van der Waals surface area (Å²) < 4.78 is 0. The number of para-hydroxylation sites is 1. The zero-order chi connectivity index (χ0) is 15.0. The van der Waals surface area contributed by atoms with Crippen molar-refractivity contribution >= 4 is 11.6 Å². The second-order valence-electron chi connectivity index (χ2n) is 5.93. The Kier molecular flexibility index (Phi) is 3.30. The first-order valence-electron chi connectivity index (χ1n) is 7.23. The molecule has 1 aliphatic rings. The molecule has 1 heterocycles. The Morgan fingerprint density at radius 1 is 1.10 bits per heavy atom. The zero-order valence-electron chi connectivity index (χ0n) is 12.3. The van der Waals surface area contributed by atoms with Crippen molar-refractivity contribution < 1.29 is 9.90 Å². The molecular weight excluding hydrogens is 262 g/mol. The topological polar surface area (TPSA) is 49.3 Å². The van der Waals surface area contributed by atoms with Gasteiger partial charge in [0.2, 0.25) is 0 Å². The minimum Gasteiger partial charge on any atom is -0.375 e. The molecule has 1 amide bonds. The summed E-state index contributed by atoms with van der Waals surface area (Å²) in [5.41, 5.74) is 2.08. The lowest BCUT2D eigenvalue weighted by atomic mass is 9.88. The normalized spacial score (nSPS) is 20.5. The molecular formula is C18H19NO2. The highest BCUT2D eigenvalue weighted by atomic mass is 16.3. The molecule has 0 aliphatic carbocycles. The summed E-state index contributed by atoms with van der Waals surface area (Å²) in [6, 6.07) is 15.4. The van der Waals surface area contributed by atoms with E-state index in [1.54, 1.807) is 6.07 Å². The van der Waals surface area contributed by atoms with E-state index in [9.17, 15) is 9.90 Å². The van der Waals surface area contributed by atoms with E-state index >= 15 is 0 Å². The fourth-order valence-corrected chi connectivity index (χ4v) is 2.79. The Balaban J connectivity index is 1.91. The third kappa shape index (κ3) is 2.34. The van der Waals surface area contributed by atoms with Crippen LogP contribution < -0.4 is 5.32 Å². The van der Waals surface area contributed by atoms with Gasteiger partial charge in [-0.15, -0.1) is 0 Å². The lowest BCUT2D eigenvalue weighted by Crippen LogP contribution is -2.36. The van der Waals surface area contributed by atoms with Crippen LogP contribution >= 0.6 is 0 Å². The molecule has 2 aromatic rings. The number of rotatable bonds is 3. The van der Waals surface area contributed by atoms with Crippen LogP contribution in [0.5, 0.6) is 0 Å². The molecule has 0 aromatic heterocycles. The van der Waals surface area contributed by atoms with Crippen LogP contribution in [0.15, 0.2) is 48.5 Å². The van der Waals surface area contributed by atoms with Gasteiger partial charge >= 0.3 is 0 Å². The summed E-state index contributed by atoms with van der Waals surface area (Å²) in [6.07, 6.45) is 0.286. The molecule has 0 saturated carbocycles. The molecule has 1 atom stereocenters. The van der Waals surface area contributed by atoms with E-state index in [0.717, 1.165) is 5.56 Å². The third-order valence-corrected chi connectivity index (χ3v) is 4.10. The van der Waals surface area contributed by atoms with Gasteiger partial charge in [0, 0.05) is 17.7 Å². The number of hydrogen-bond acceptors (Lipinski definition) is 2. The molecule has 3 nitrogen and oxygen atoms in total. The Morgan fingerprint density at radius 2 is 1.76 bits per heavy atom. The average Bonchev–Trinajstić information content (AvgIpc) is 2.71. The molecule has 21 heavy (non-hydrogen) atoms. The van der Waals surface area contributed by atoms with Gasteiger partial charge in [-0.1, -0.05) is 56.3 Å². The van der Waals surface area contributed by atoms with Gasteiger partial charge < -0.3 is 10.4 Å². The lowest BCUT2D eigenvalue weighted by Gasteiger charge is -2.21. The van der Waals surface area contributed by atoms with Gasteiger partial charge in [0.25, 0.3) is 5.91 Å². The first-order valence-corrected chi connectivity index (χ1v) is 7.23. The molecule has 0 spiro atoms. The molecule has 1 aliphatic heterocycles. The summed E-state index contributed by atoms with van der Waals surface area (Å²) >= 11 is 0. The smallest absolute Gasteiger partial charge is 0.261 e. The summed E-state index contributed by atoms with van der Waals surface area (Å²) in [7, 11) is 0. The van der Waals surface area contributed by atoms with Crippen molar-refractivity contribution in [2.24, 2.45) is 0 Å². The number of carbonyl (C=O) groups is 1. The predicted octanol–water partition coefficient (Wildman–Crippen LogP) is 3.19. The van der Waals surface area contributed by atoms with E-state index < -0.39 is 5.60 Å². The van der Waals surface area contributed by atoms with Crippen molar-refractivity contribution in [3.63, 3.8) is 0 Å². The minimum absolute atomic E-state index is 0.286. The van der Waals surface area contributed by atoms with E-state index in [1.807, 2.05) is 30.3 Å². The summed E-state index contributed by atoms with van der Waals surface area (Å²) in [5, 5.41) is 13.6. The van der Waals surface area contributed by atoms with Crippen molar-refractivity contribution in [3.05, 3.63) is 65.2 Å². The Hall–Kier alpha value is -2.13. The number of fused-ring (bicyclic) bond motifs is 1. The number of amides is 1. The molecule has 0 bridgehead atoms. The van der Waals surface area contributed by atoms with Crippen LogP contribution in [-0.4, -0.2) is 11.0 Å². The molecule has 1 unspecified atom stereocenters. The number of nitrogens with one attached hydrogen (secondary N) is 1. The highest BCUT2D eigenvalue weighted by Gasteiger charge is 2.44. The first-order chi connectivity index (χ1) is 10.0. The van der Waals surface area contributed by atoms with Crippen LogP contribution in [0.4, 0.5) is 5.69 Å².